The van der Waals surface area contributed by atoms with Crippen LogP contribution in [0.2, 0.25) is 0 Å². The summed E-state index contributed by atoms with van der Waals surface area (Å²) >= 11 is 0. The van der Waals surface area contributed by atoms with E-state index in [9.17, 15) is 31.1 Å². The van der Waals surface area contributed by atoms with Crippen LogP contribution in [-0.4, -0.2) is 38.6 Å². The minimum absolute atomic E-state index is 0.134. The number of alkyl halides is 6. The van der Waals surface area contributed by atoms with Crippen molar-refractivity contribution in [3.63, 3.8) is 0 Å². The van der Waals surface area contributed by atoms with Gasteiger partial charge in [-0.2, -0.15) is 41.3 Å². The van der Waals surface area contributed by atoms with Gasteiger partial charge in [0.05, 0.1) is 24.2 Å². The standard InChI is InChI=1S/C20H15F6N7O2/c21-19(22,23)9-35-18-32-16(28-8-13-4-2-11(7-27-13)20(24,25)26)31-17(33-18)29-12-3-1-10-5-15(34)30-14(10)6-12/h1-4,6-7H,5,8-9H2,(H,30,34)(H2,28,29,31,32,33). The van der Waals surface area contributed by atoms with E-state index in [0.29, 0.717) is 17.6 Å². The number of nitrogens with one attached hydrogen (secondary N) is 3. The monoisotopic (exact) mass is 499 g/mol. The Morgan fingerprint density at radius 3 is 2.46 bits per heavy atom. The minimum atomic E-state index is -4.64. The predicted molar refractivity (Wildman–Crippen MR) is 110 cm³/mol. The molecule has 0 saturated carbocycles. The number of carbonyl (C=O) groups excluding carboxylic acids is 1. The number of aromatic nitrogens is 4. The number of benzene rings is 1. The number of halogens is 6. The van der Waals surface area contributed by atoms with Crippen LogP contribution in [0.25, 0.3) is 0 Å². The summed E-state index contributed by atoms with van der Waals surface area (Å²) in [5.41, 5.74) is 1.03. The second-order valence-corrected chi connectivity index (χ2v) is 7.28. The van der Waals surface area contributed by atoms with Crippen molar-refractivity contribution in [2.75, 3.05) is 22.6 Å². The molecule has 9 nitrogen and oxygen atoms in total. The third kappa shape index (κ3) is 6.45. The lowest BCUT2D eigenvalue weighted by molar-refractivity contribution is -0.154. The molecule has 0 bridgehead atoms. The van der Waals surface area contributed by atoms with Crippen molar-refractivity contribution in [2.24, 2.45) is 0 Å². The number of anilines is 4. The molecular weight excluding hydrogens is 484 g/mol. The molecule has 0 saturated heterocycles. The van der Waals surface area contributed by atoms with Gasteiger partial charge >= 0.3 is 18.4 Å². The fraction of sp³-hybridized carbons (Fsp3) is 0.250. The fourth-order valence-electron chi connectivity index (χ4n) is 2.99. The molecule has 1 amide bonds. The number of carbonyl (C=O) groups is 1. The van der Waals surface area contributed by atoms with Crippen LogP contribution in [0, 0.1) is 0 Å². The van der Waals surface area contributed by atoms with Gasteiger partial charge in [0.25, 0.3) is 0 Å². The van der Waals surface area contributed by atoms with Crippen LogP contribution < -0.4 is 20.7 Å². The first-order valence-electron chi connectivity index (χ1n) is 9.86. The highest BCUT2D eigenvalue weighted by Gasteiger charge is 2.31. The third-order valence-electron chi connectivity index (χ3n) is 4.55. The van der Waals surface area contributed by atoms with Crippen LogP contribution in [0.1, 0.15) is 16.8 Å². The van der Waals surface area contributed by atoms with Crippen molar-refractivity contribution >= 4 is 29.2 Å². The molecule has 3 N–H and O–H groups in total. The molecule has 4 rings (SSSR count). The second-order valence-electron chi connectivity index (χ2n) is 7.28. The lowest BCUT2D eigenvalue weighted by Gasteiger charge is -2.12. The van der Waals surface area contributed by atoms with E-state index in [1.807, 2.05) is 0 Å². The number of fused-ring (bicyclic) bond motifs is 1. The van der Waals surface area contributed by atoms with Crippen LogP contribution in [-0.2, 0) is 23.9 Å². The number of nitrogens with zero attached hydrogens (tertiary/aromatic N) is 4. The van der Waals surface area contributed by atoms with Gasteiger partial charge in [-0.15, -0.1) is 0 Å². The molecule has 0 fully saturated rings. The van der Waals surface area contributed by atoms with E-state index in [1.54, 1.807) is 18.2 Å². The zero-order valence-electron chi connectivity index (χ0n) is 17.5. The van der Waals surface area contributed by atoms with Gasteiger partial charge in [0.2, 0.25) is 17.8 Å². The topological polar surface area (TPSA) is 114 Å². The highest BCUT2D eigenvalue weighted by Crippen LogP contribution is 2.29. The normalized spacial score (nSPS) is 13.3. The predicted octanol–water partition coefficient (Wildman–Crippen LogP) is 4.08. The third-order valence-corrected chi connectivity index (χ3v) is 4.55. The van der Waals surface area contributed by atoms with Gasteiger partial charge in [-0.3, -0.25) is 9.78 Å². The van der Waals surface area contributed by atoms with E-state index in [-0.39, 0.29) is 36.5 Å². The molecule has 0 atom stereocenters. The number of rotatable bonds is 7. The van der Waals surface area contributed by atoms with E-state index < -0.39 is 30.5 Å². The number of hydrogen-bond acceptors (Lipinski definition) is 8. The van der Waals surface area contributed by atoms with Crippen LogP contribution in [0.15, 0.2) is 36.5 Å². The van der Waals surface area contributed by atoms with E-state index in [4.69, 9.17) is 0 Å². The molecule has 0 radical (unpaired) electrons. The Morgan fingerprint density at radius 1 is 1.00 bits per heavy atom. The molecule has 0 aliphatic carbocycles. The molecule has 35 heavy (non-hydrogen) atoms. The molecule has 3 heterocycles. The maximum absolute atomic E-state index is 12.7. The van der Waals surface area contributed by atoms with Crippen LogP contribution >= 0.6 is 0 Å². The van der Waals surface area contributed by atoms with Gasteiger partial charge in [-0.05, 0) is 29.8 Å². The summed E-state index contributed by atoms with van der Waals surface area (Å²) in [4.78, 5) is 26.8. The number of amides is 1. The van der Waals surface area contributed by atoms with Gasteiger partial charge in [-0.1, -0.05) is 6.07 Å². The molecule has 0 spiro atoms. The zero-order valence-corrected chi connectivity index (χ0v) is 17.5. The Bertz CT molecular complexity index is 1230. The van der Waals surface area contributed by atoms with Crippen molar-refractivity contribution in [1.82, 2.24) is 19.9 Å². The molecule has 1 aliphatic rings. The lowest BCUT2D eigenvalue weighted by Crippen LogP contribution is -2.21. The molecule has 184 valence electrons. The van der Waals surface area contributed by atoms with E-state index >= 15 is 0 Å². The molecule has 0 unspecified atom stereocenters. The first-order chi connectivity index (χ1) is 16.4. The second kappa shape index (κ2) is 9.23. The molecular formula is C20H15F6N7O2. The van der Waals surface area contributed by atoms with Crippen molar-refractivity contribution in [3.05, 3.63) is 53.3 Å². The van der Waals surface area contributed by atoms with E-state index in [2.05, 4.69) is 40.6 Å². The summed E-state index contributed by atoms with van der Waals surface area (Å²) in [7, 11) is 0. The summed E-state index contributed by atoms with van der Waals surface area (Å²) in [6.07, 6.45) is -8.31. The Morgan fingerprint density at radius 2 is 1.77 bits per heavy atom. The minimum Gasteiger partial charge on any atom is -0.454 e. The van der Waals surface area contributed by atoms with Gasteiger partial charge < -0.3 is 20.7 Å². The average Bonchev–Trinajstić information content (AvgIpc) is 3.15. The highest BCUT2D eigenvalue weighted by molar-refractivity contribution is 5.99. The lowest BCUT2D eigenvalue weighted by atomic mass is 10.1. The molecule has 1 aliphatic heterocycles. The first kappa shape index (κ1) is 24.0. The Hall–Kier alpha value is -4.17. The maximum atomic E-state index is 12.7. The van der Waals surface area contributed by atoms with Crippen molar-refractivity contribution in [1.29, 1.82) is 0 Å². The number of pyridine rings is 1. The SMILES string of the molecule is O=C1Cc2ccc(Nc3nc(NCc4ccc(C(F)(F)F)cn4)nc(OCC(F)(F)F)n3)cc2N1. The number of hydrogen-bond donors (Lipinski definition) is 3. The molecule has 1 aromatic carbocycles. The summed E-state index contributed by atoms with van der Waals surface area (Å²) in [5, 5.41) is 8.12. The van der Waals surface area contributed by atoms with Crippen molar-refractivity contribution < 1.29 is 35.9 Å². The zero-order chi connectivity index (χ0) is 25.2. The van der Waals surface area contributed by atoms with Gasteiger partial charge in [-0.25, -0.2) is 0 Å². The maximum Gasteiger partial charge on any atom is 0.422 e. The first-order valence-corrected chi connectivity index (χ1v) is 9.86. The quantitative estimate of drug-likeness (QED) is 0.417. The van der Waals surface area contributed by atoms with E-state index in [0.717, 1.165) is 17.7 Å². The van der Waals surface area contributed by atoms with Crippen molar-refractivity contribution in [2.45, 2.75) is 25.3 Å². The van der Waals surface area contributed by atoms with Gasteiger partial charge in [0.15, 0.2) is 6.61 Å². The Balaban J connectivity index is 1.52. The van der Waals surface area contributed by atoms with Crippen LogP contribution in [0.4, 0.5) is 49.6 Å². The summed E-state index contributed by atoms with van der Waals surface area (Å²) in [5.74, 6) is -0.566. The Labute approximate surface area is 193 Å². The van der Waals surface area contributed by atoms with Gasteiger partial charge in [0, 0.05) is 17.6 Å². The summed E-state index contributed by atoms with van der Waals surface area (Å²) in [6, 6.07) is 6.24. The summed E-state index contributed by atoms with van der Waals surface area (Å²) < 4.78 is 80.4. The average molecular weight is 499 g/mol. The largest absolute Gasteiger partial charge is 0.454 e. The molecule has 15 heteroatoms. The van der Waals surface area contributed by atoms with Crippen molar-refractivity contribution in [3.8, 4) is 6.01 Å². The summed E-state index contributed by atoms with van der Waals surface area (Å²) in [6.45, 7) is -1.79. The number of ether oxygens (including phenoxy) is 1. The molecule has 3 aromatic rings. The highest BCUT2D eigenvalue weighted by atomic mass is 19.4. The van der Waals surface area contributed by atoms with Crippen LogP contribution in [0.3, 0.4) is 0 Å². The smallest absolute Gasteiger partial charge is 0.422 e. The van der Waals surface area contributed by atoms with E-state index in [1.165, 1.54) is 0 Å². The molecule has 2 aromatic heterocycles. The van der Waals surface area contributed by atoms with Gasteiger partial charge in [0.1, 0.15) is 0 Å². The van der Waals surface area contributed by atoms with Crippen LogP contribution in [0.5, 0.6) is 6.01 Å². The Kier molecular flexibility index (Phi) is 6.32. The fourth-order valence-corrected chi connectivity index (χ4v) is 2.99.